The van der Waals surface area contributed by atoms with Crippen molar-refractivity contribution < 1.29 is 57.9 Å². The van der Waals surface area contributed by atoms with E-state index in [9.17, 15) is 34.2 Å². The topological polar surface area (TPSA) is 187 Å². The summed E-state index contributed by atoms with van der Waals surface area (Å²) in [6, 6.07) is 4.80. The maximum Gasteiger partial charge on any atom is 0.333 e. The van der Waals surface area contributed by atoms with Gasteiger partial charge in [0, 0.05) is 64.0 Å². The van der Waals surface area contributed by atoms with Crippen LogP contribution in [0.4, 0.5) is 0 Å². The Morgan fingerprint density at radius 1 is 1.14 bits per heavy atom. The fourth-order valence-electron chi connectivity index (χ4n) is 3.57. The lowest BCUT2D eigenvalue weighted by atomic mass is 10.1. The van der Waals surface area contributed by atoms with E-state index in [2.05, 4.69) is 5.32 Å². The average Bonchev–Trinajstić information content (AvgIpc) is 2.98. The number of carbonyl (C=O) groups is 5. The van der Waals surface area contributed by atoms with Crippen LogP contribution >= 0.6 is 0 Å². The second-order valence-electron chi connectivity index (χ2n) is 9.00. The number of amides is 2. The summed E-state index contributed by atoms with van der Waals surface area (Å²) >= 11 is 0. The van der Waals surface area contributed by atoms with Gasteiger partial charge in [0.1, 0.15) is 31.0 Å². The number of esters is 1. The Kier molecular flexibility index (Phi) is 17.9. The van der Waals surface area contributed by atoms with Crippen LogP contribution in [0.2, 0.25) is 0 Å². The first kappa shape index (κ1) is 37.0. The molecule has 2 amide bonds. The van der Waals surface area contributed by atoms with E-state index in [0.717, 1.165) is 12.2 Å². The van der Waals surface area contributed by atoms with Gasteiger partial charge < -0.3 is 44.1 Å². The normalized spacial score (nSPS) is 17.7. The van der Waals surface area contributed by atoms with Crippen molar-refractivity contribution in [1.82, 2.24) is 10.2 Å². The van der Waals surface area contributed by atoms with Crippen LogP contribution in [0, 0.1) is 0 Å². The Balaban J connectivity index is 0.00000452. The SMILES string of the molecule is CC.CC(=O)OCc1ccc(OCCOCCNC(=O)CCN(C)C(=O)/C=C\C=O)cc1OC1CC(O)CC(C(=O)O)O1. The summed E-state index contributed by atoms with van der Waals surface area (Å²) in [5.74, 6) is -1.70. The number of aldehydes is 1. The highest BCUT2D eigenvalue weighted by atomic mass is 16.7. The molecule has 14 nitrogen and oxygen atoms in total. The predicted molar refractivity (Wildman–Crippen MR) is 152 cm³/mol. The molecule has 3 N–H and O–H groups in total. The number of ether oxygens (including phenoxy) is 5. The van der Waals surface area contributed by atoms with Gasteiger partial charge in [-0.15, -0.1) is 0 Å². The number of aliphatic carboxylic acids is 1. The first-order chi connectivity index (χ1) is 20.6. The number of benzene rings is 1. The standard InChI is InChI=1S/C27H36N2O12.C2H6/c1-18(31)39-17-19-5-6-21(16-22(19)40-26-15-20(32)14-23(41-26)27(35)36)38-13-12-37-11-8-28-24(33)7-9-29(2)25(34)4-3-10-30;1-2/h3-6,10,16,20,23,26,32H,7-9,11-15,17H2,1-2H3,(H,28,33)(H,35,36);1-2H3/b4-3-;. The first-order valence-electron chi connectivity index (χ1n) is 13.9. The Bertz CT molecular complexity index is 1080. The summed E-state index contributed by atoms with van der Waals surface area (Å²) in [7, 11) is 1.53. The number of hydrogen-bond donors (Lipinski definition) is 3. The minimum absolute atomic E-state index is 0.0537. The molecule has 1 heterocycles. The van der Waals surface area contributed by atoms with Gasteiger partial charge in [0.05, 0.1) is 19.3 Å². The number of carboxylic acid groups (broad SMARTS) is 1. The van der Waals surface area contributed by atoms with Gasteiger partial charge in [0.25, 0.3) is 0 Å². The molecule has 0 bridgehead atoms. The van der Waals surface area contributed by atoms with Crippen molar-refractivity contribution in [1.29, 1.82) is 0 Å². The van der Waals surface area contributed by atoms with E-state index >= 15 is 0 Å². The molecule has 1 saturated heterocycles. The van der Waals surface area contributed by atoms with Gasteiger partial charge in [-0.1, -0.05) is 13.8 Å². The minimum Gasteiger partial charge on any atom is -0.491 e. The van der Waals surface area contributed by atoms with E-state index in [1.165, 1.54) is 24.9 Å². The minimum atomic E-state index is -1.22. The number of carbonyl (C=O) groups excluding carboxylic acids is 4. The van der Waals surface area contributed by atoms with Crippen LogP contribution < -0.4 is 14.8 Å². The number of aliphatic hydroxyl groups is 1. The summed E-state index contributed by atoms with van der Waals surface area (Å²) in [4.78, 5) is 57.8. The maximum atomic E-state index is 11.9. The van der Waals surface area contributed by atoms with Crippen molar-refractivity contribution in [3.8, 4) is 11.5 Å². The summed E-state index contributed by atoms with van der Waals surface area (Å²) in [6.07, 6.45) is -0.368. The second kappa shape index (κ2) is 20.8. The molecule has 0 aromatic heterocycles. The van der Waals surface area contributed by atoms with Crippen molar-refractivity contribution in [2.45, 2.75) is 65.1 Å². The molecule has 3 atom stereocenters. The Morgan fingerprint density at radius 2 is 1.88 bits per heavy atom. The lowest BCUT2D eigenvalue weighted by Gasteiger charge is -2.31. The van der Waals surface area contributed by atoms with Crippen molar-refractivity contribution in [3.05, 3.63) is 35.9 Å². The zero-order valence-electron chi connectivity index (χ0n) is 25.0. The van der Waals surface area contributed by atoms with Crippen molar-refractivity contribution in [3.63, 3.8) is 0 Å². The molecule has 1 aromatic carbocycles. The zero-order valence-corrected chi connectivity index (χ0v) is 25.0. The third-order valence-electron chi connectivity index (χ3n) is 5.70. The number of allylic oxidation sites excluding steroid dienone is 1. The van der Waals surface area contributed by atoms with Crippen LogP contribution in [-0.4, -0.2) is 104 Å². The number of nitrogens with zero attached hydrogens (tertiary/aromatic N) is 1. The summed E-state index contributed by atoms with van der Waals surface area (Å²) < 4.78 is 27.5. The highest BCUT2D eigenvalue weighted by Gasteiger charge is 2.34. The molecule has 1 aromatic rings. The number of nitrogens with one attached hydrogen (secondary N) is 1. The van der Waals surface area contributed by atoms with Gasteiger partial charge >= 0.3 is 11.9 Å². The van der Waals surface area contributed by atoms with E-state index in [4.69, 9.17) is 23.7 Å². The fourth-order valence-corrected chi connectivity index (χ4v) is 3.57. The van der Waals surface area contributed by atoms with Gasteiger partial charge in [-0.2, -0.15) is 0 Å². The molecule has 0 aliphatic carbocycles. The molecule has 3 unspecified atom stereocenters. The quantitative estimate of drug-likeness (QED) is 0.0992. The molecular formula is C29H42N2O12. The molecule has 0 radical (unpaired) electrons. The number of likely N-dealkylation sites (N-methyl/N-ethyl adjacent to an activating group) is 1. The molecule has 43 heavy (non-hydrogen) atoms. The third kappa shape index (κ3) is 15.2. The maximum absolute atomic E-state index is 11.9. The van der Waals surface area contributed by atoms with Gasteiger partial charge in [0.15, 0.2) is 6.10 Å². The van der Waals surface area contributed by atoms with E-state index in [1.807, 2.05) is 13.8 Å². The summed E-state index contributed by atoms with van der Waals surface area (Å²) in [5.41, 5.74) is 0.489. The van der Waals surface area contributed by atoms with E-state index in [1.54, 1.807) is 12.1 Å². The molecule has 0 spiro atoms. The molecular weight excluding hydrogens is 568 g/mol. The third-order valence-corrected chi connectivity index (χ3v) is 5.70. The smallest absolute Gasteiger partial charge is 0.333 e. The van der Waals surface area contributed by atoms with Gasteiger partial charge in [0.2, 0.25) is 18.1 Å². The van der Waals surface area contributed by atoms with Crippen molar-refractivity contribution >= 4 is 30.0 Å². The van der Waals surface area contributed by atoms with Crippen molar-refractivity contribution in [2.24, 2.45) is 0 Å². The van der Waals surface area contributed by atoms with Gasteiger partial charge in [-0.05, 0) is 18.2 Å². The van der Waals surface area contributed by atoms with Gasteiger partial charge in [-0.3, -0.25) is 19.2 Å². The second-order valence-corrected chi connectivity index (χ2v) is 9.00. The highest BCUT2D eigenvalue weighted by molar-refractivity contribution is 5.91. The summed E-state index contributed by atoms with van der Waals surface area (Å²) in [5, 5.41) is 22.0. The fraction of sp³-hybridized carbons (Fsp3) is 0.552. The van der Waals surface area contributed by atoms with Crippen LogP contribution in [0.5, 0.6) is 11.5 Å². The molecule has 14 heteroatoms. The van der Waals surface area contributed by atoms with Crippen LogP contribution in [0.1, 0.15) is 45.6 Å². The lowest BCUT2D eigenvalue weighted by molar-refractivity contribution is -0.195. The highest BCUT2D eigenvalue weighted by Crippen LogP contribution is 2.30. The number of carboxylic acids is 1. The Hall–Kier alpha value is -4.01. The molecule has 1 fully saturated rings. The number of rotatable bonds is 17. The summed E-state index contributed by atoms with van der Waals surface area (Å²) in [6.45, 7) is 6.22. The Labute approximate surface area is 250 Å². The average molecular weight is 611 g/mol. The largest absolute Gasteiger partial charge is 0.491 e. The van der Waals surface area contributed by atoms with Crippen LogP contribution in [0.3, 0.4) is 0 Å². The predicted octanol–water partition coefficient (Wildman–Crippen LogP) is 1.22. The van der Waals surface area contributed by atoms with Crippen molar-refractivity contribution in [2.75, 3.05) is 40.0 Å². The van der Waals surface area contributed by atoms with Crippen LogP contribution in [-0.2, 0) is 44.8 Å². The van der Waals surface area contributed by atoms with Crippen LogP contribution in [0.25, 0.3) is 0 Å². The number of aliphatic hydroxyl groups excluding tert-OH is 1. The lowest BCUT2D eigenvalue weighted by Crippen LogP contribution is -2.42. The van der Waals surface area contributed by atoms with Gasteiger partial charge in [-0.25, -0.2) is 4.79 Å². The molecule has 0 saturated carbocycles. The Morgan fingerprint density at radius 3 is 2.56 bits per heavy atom. The van der Waals surface area contributed by atoms with E-state index < -0.39 is 30.4 Å². The van der Waals surface area contributed by atoms with E-state index in [-0.39, 0.29) is 76.3 Å². The molecule has 2 rings (SSSR count). The van der Waals surface area contributed by atoms with Crippen LogP contribution in [0.15, 0.2) is 30.4 Å². The zero-order chi connectivity index (χ0) is 32.2. The number of hydrogen-bond acceptors (Lipinski definition) is 11. The molecule has 1 aliphatic heterocycles. The molecule has 240 valence electrons. The monoisotopic (exact) mass is 610 g/mol. The van der Waals surface area contributed by atoms with E-state index in [0.29, 0.717) is 17.6 Å². The first-order valence-corrected chi connectivity index (χ1v) is 13.9. The molecule has 1 aliphatic rings.